The number of halogens is 4. The maximum Gasteiger partial charge on any atom is 0.387 e. The Morgan fingerprint density at radius 3 is 2.07 bits per heavy atom. The van der Waals surface area contributed by atoms with Crippen molar-refractivity contribution in [3.05, 3.63) is 29.3 Å². The molecule has 0 amide bonds. The van der Waals surface area contributed by atoms with Crippen molar-refractivity contribution in [2.45, 2.75) is 13.5 Å². The van der Waals surface area contributed by atoms with E-state index in [1.54, 1.807) is 0 Å². The van der Waals surface area contributed by atoms with E-state index in [2.05, 4.69) is 4.74 Å². The van der Waals surface area contributed by atoms with Crippen LogP contribution in [0.25, 0.3) is 0 Å². The average molecular weight is 222 g/mol. The molecule has 82 valence electrons. The largest absolute Gasteiger partial charge is 0.429 e. The molecule has 0 unspecified atom stereocenters. The van der Waals surface area contributed by atoms with Crippen LogP contribution in [-0.2, 0) is 0 Å². The van der Waals surface area contributed by atoms with Gasteiger partial charge in [0.2, 0.25) is 0 Å². The van der Waals surface area contributed by atoms with Crippen molar-refractivity contribution in [2.24, 2.45) is 0 Å². The molecule has 1 rings (SSSR count). The molecular formula is C9H6F4O2. The Balaban J connectivity index is 3.15. The van der Waals surface area contributed by atoms with Gasteiger partial charge in [-0.2, -0.15) is 8.78 Å². The molecule has 0 fully saturated rings. The first-order chi connectivity index (χ1) is 6.91. The van der Waals surface area contributed by atoms with E-state index in [1.807, 2.05) is 0 Å². The molecule has 0 aliphatic heterocycles. The van der Waals surface area contributed by atoms with Gasteiger partial charge in [0, 0.05) is 5.56 Å². The van der Waals surface area contributed by atoms with Crippen molar-refractivity contribution in [1.29, 1.82) is 0 Å². The van der Waals surface area contributed by atoms with Crippen LogP contribution in [0.1, 0.15) is 17.3 Å². The zero-order valence-corrected chi connectivity index (χ0v) is 7.56. The van der Waals surface area contributed by atoms with Crippen LogP contribution in [0, 0.1) is 11.6 Å². The fourth-order valence-electron chi connectivity index (χ4n) is 0.965. The summed E-state index contributed by atoms with van der Waals surface area (Å²) in [4.78, 5) is 10.8. The topological polar surface area (TPSA) is 26.3 Å². The van der Waals surface area contributed by atoms with Gasteiger partial charge in [-0.1, -0.05) is 0 Å². The quantitative estimate of drug-likeness (QED) is 0.580. The summed E-state index contributed by atoms with van der Waals surface area (Å²) < 4.78 is 53.0. The van der Waals surface area contributed by atoms with E-state index in [-0.39, 0.29) is 5.56 Å². The minimum Gasteiger partial charge on any atom is -0.429 e. The smallest absolute Gasteiger partial charge is 0.387 e. The van der Waals surface area contributed by atoms with E-state index in [0.29, 0.717) is 12.1 Å². The predicted octanol–water partition coefficient (Wildman–Crippen LogP) is 2.77. The molecule has 0 radical (unpaired) electrons. The molecule has 0 heterocycles. The van der Waals surface area contributed by atoms with Crippen LogP contribution < -0.4 is 4.74 Å². The van der Waals surface area contributed by atoms with Gasteiger partial charge >= 0.3 is 6.61 Å². The normalized spacial score (nSPS) is 10.5. The molecule has 6 heteroatoms. The Morgan fingerprint density at radius 1 is 1.27 bits per heavy atom. The lowest BCUT2D eigenvalue weighted by Gasteiger charge is -2.07. The molecule has 1 aromatic carbocycles. The van der Waals surface area contributed by atoms with Crippen molar-refractivity contribution in [3.63, 3.8) is 0 Å². The number of alkyl halides is 2. The highest BCUT2D eigenvalue weighted by Gasteiger charge is 2.17. The van der Waals surface area contributed by atoms with Crippen molar-refractivity contribution in [2.75, 3.05) is 0 Å². The zero-order valence-electron chi connectivity index (χ0n) is 7.56. The molecule has 0 saturated carbocycles. The fourth-order valence-corrected chi connectivity index (χ4v) is 0.965. The molecule has 0 atom stereocenters. The molecule has 0 aliphatic carbocycles. The molecule has 15 heavy (non-hydrogen) atoms. The Hall–Kier alpha value is -1.59. The van der Waals surface area contributed by atoms with E-state index < -0.39 is 29.8 Å². The molecule has 1 aromatic rings. The molecule has 0 aliphatic rings. The third kappa shape index (κ3) is 2.68. The molecule has 0 spiro atoms. The lowest BCUT2D eigenvalue weighted by Crippen LogP contribution is -2.07. The van der Waals surface area contributed by atoms with Gasteiger partial charge in [0.1, 0.15) is 0 Å². The number of ether oxygens (including phenoxy) is 1. The van der Waals surface area contributed by atoms with Gasteiger partial charge in [-0.3, -0.25) is 4.79 Å². The van der Waals surface area contributed by atoms with E-state index in [0.717, 1.165) is 6.92 Å². The first kappa shape index (κ1) is 11.5. The lowest BCUT2D eigenvalue weighted by atomic mass is 10.1. The van der Waals surface area contributed by atoms with Gasteiger partial charge in [-0.15, -0.1) is 0 Å². The Kier molecular flexibility index (Phi) is 3.28. The second-order valence-corrected chi connectivity index (χ2v) is 2.70. The number of ketones is 1. The molecule has 2 nitrogen and oxygen atoms in total. The minimum absolute atomic E-state index is 0.244. The number of hydrogen-bond acceptors (Lipinski definition) is 2. The molecule has 0 saturated heterocycles. The zero-order chi connectivity index (χ0) is 11.6. The van der Waals surface area contributed by atoms with Crippen molar-refractivity contribution in [1.82, 2.24) is 0 Å². The first-order valence-corrected chi connectivity index (χ1v) is 3.86. The predicted molar refractivity (Wildman–Crippen MR) is 43.0 cm³/mol. The monoisotopic (exact) mass is 222 g/mol. The maximum absolute atomic E-state index is 13.0. The van der Waals surface area contributed by atoms with Crippen molar-refractivity contribution in [3.8, 4) is 5.75 Å². The third-order valence-corrected chi connectivity index (χ3v) is 1.61. The molecular weight excluding hydrogens is 216 g/mol. The van der Waals surface area contributed by atoms with Gasteiger partial charge in [0.05, 0.1) is 0 Å². The summed E-state index contributed by atoms with van der Waals surface area (Å²) in [5.74, 6) is -4.42. The van der Waals surface area contributed by atoms with E-state index in [4.69, 9.17) is 0 Å². The summed E-state index contributed by atoms with van der Waals surface area (Å²) in [6.45, 7) is -2.22. The summed E-state index contributed by atoms with van der Waals surface area (Å²) in [7, 11) is 0. The summed E-state index contributed by atoms with van der Waals surface area (Å²) >= 11 is 0. The Morgan fingerprint density at radius 2 is 1.73 bits per heavy atom. The van der Waals surface area contributed by atoms with Gasteiger partial charge < -0.3 is 4.74 Å². The second kappa shape index (κ2) is 4.29. The standard InChI is InChI=1S/C9H6F4O2/c1-4(14)5-2-6(10)8(7(11)3-5)15-9(12)13/h2-3,9H,1H3. The fraction of sp³-hybridized carbons (Fsp3) is 0.222. The van der Waals surface area contributed by atoms with Crippen LogP contribution in [-0.4, -0.2) is 12.4 Å². The number of hydrogen-bond donors (Lipinski definition) is 0. The van der Waals surface area contributed by atoms with Gasteiger partial charge in [-0.05, 0) is 19.1 Å². The highest BCUT2D eigenvalue weighted by atomic mass is 19.3. The second-order valence-electron chi connectivity index (χ2n) is 2.70. The van der Waals surface area contributed by atoms with Crippen molar-refractivity contribution >= 4 is 5.78 Å². The average Bonchev–Trinajstić information content (AvgIpc) is 2.10. The summed E-state index contributed by atoms with van der Waals surface area (Å²) in [6.07, 6.45) is 0. The minimum atomic E-state index is -3.32. The van der Waals surface area contributed by atoms with Crippen LogP contribution >= 0.6 is 0 Å². The molecule has 0 N–H and O–H groups in total. The van der Waals surface area contributed by atoms with Crippen LogP contribution in [0.15, 0.2) is 12.1 Å². The number of carbonyl (C=O) groups is 1. The third-order valence-electron chi connectivity index (χ3n) is 1.61. The van der Waals surface area contributed by atoms with Gasteiger partial charge in [-0.25, -0.2) is 8.78 Å². The Labute approximate surface area is 82.5 Å². The summed E-state index contributed by atoms with van der Waals surface area (Å²) in [5, 5.41) is 0. The van der Waals surface area contributed by atoms with Crippen molar-refractivity contribution < 1.29 is 27.1 Å². The highest BCUT2D eigenvalue weighted by molar-refractivity contribution is 5.94. The van der Waals surface area contributed by atoms with E-state index in [9.17, 15) is 22.4 Å². The Bertz CT molecular complexity index is 367. The first-order valence-electron chi connectivity index (χ1n) is 3.86. The summed E-state index contributed by atoms with van der Waals surface area (Å²) in [6, 6.07) is 1.28. The van der Waals surface area contributed by atoms with Gasteiger partial charge in [0.15, 0.2) is 23.2 Å². The van der Waals surface area contributed by atoms with Crippen LogP contribution in [0.2, 0.25) is 0 Å². The lowest BCUT2D eigenvalue weighted by molar-refractivity contribution is -0.0546. The van der Waals surface area contributed by atoms with Crippen LogP contribution in [0.3, 0.4) is 0 Å². The van der Waals surface area contributed by atoms with E-state index >= 15 is 0 Å². The summed E-state index contributed by atoms with van der Waals surface area (Å²) in [5.41, 5.74) is -0.244. The molecule has 0 bridgehead atoms. The number of benzene rings is 1. The van der Waals surface area contributed by atoms with Gasteiger partial charge in [0.25, 0.3) is 0 Å². The van der Waals surface area contributed by atoms with Crippen LogP contribution in [0.4, 0.5) is 17.6 Å². The molecule has 0 aromatic heterocycles. The SMILES string of the molecule is CC(=O)c1cc(F)c(OC(F)F)c(F)c1. The van der Waals surface area contributed by atoms with E-state index in [1.165, 1.54) is 0 Å². The number of rotatable bonds is 3. The number of Topliss-reactive ketones (excluding diaryl/α,β-unsaturated/α-hetero) is 1. The van der Waals surface area contributed by atoms with Crippen LogP contribution in [0.5, 0.6) is 5.75 Å². The number of carbonyl (C=O) groups excluding carboxylic acids is 1. The maximum atomic E-state index is 13.0. The highest BCUT2D eigenvalue weighted by Crippen LogP contribution is 2.25.